The summed E-state index contributed by atoms with van der Waals surface area (Å²) in [7, 11) is -1.37. The normalized spacial score (nSPS) is 23.7. The molecule has 1 aromatic heterocycles. The van der Waals surface area contributed by atoms with Gasteiger partial charge in [-0.3, -0.25) is 4.79 Å². The monoisotopic (exact) mass is 338 g/mol. The Hall–Kier alpha value is -1.70. The van der Waals surface area contributed by atoms with Crippen LogP contribution in [-0.2, 0) is 9.84 Å². The van der Waals surface area contributed by atoms with Gasteiger partial charge in [-0.15, -0.1) is 0 Å². The second-order valence-corrected chi connectivity index (χ2v) is 8.49. The standard InChI is InChI=1S/C15H22N4O3S/c1-18(12-6-10-23(21,22)11-12)14(20)13-5-7-16-15(17-13)19-8-3-2-4-9-19/h5,7,12H,2-4,6,8-11H2,1H3. The van der Waals surface area contributed by atoms with Gasteiger partial charge in [-0.2, -0.15) is 0 Å². The highest BCUT2D eigenvalue weighted by atomic mass is 32.2. The highest BCUT2D eigenvalue weighted by molar-refractivity contribution is 7.91. The van der Waals surface area contributed by atoms with E-state index in [0.717, 1.165) is 25.9 Å². The lowest BCUT2D eigenvalue weighted by Gasteiger charge is -2.27. The van der Waals surface area contributed by atoms with Crippen LogP contribution in [0.15, 0.2) is 12.3 Å². The van der Waals surface area contributed by atoms with Gasteiger partial charge < -0.3 is 9.80 Å². The van der Waals surface area contributed by atoms with Crippen molar-refractivity contribution < 1.29 is 13.2 Å². The van der Waals surface area contributed by atoms with Crippen molar-refractivity contribution in [2.45, 2.75) is 31.7 Å². The third kappa shape index (κ3) is 3.63. The van der Waals surface area contributed by atoms with Crippen LogP contribution in [0.2, 0.25) is 0 Å². The van der Waals surface area contributed by atoms with E-state index in [9.17, 15) is 13.2 Å². The predicted molar refractivity (Wildman–Crippen MR) is 87.2 cm³/mol. The fourth-order valence-corrected chi connectivity index (χ4v) is 4.92. The van der Waals surface area contributed by atoms with Crippen molar-refractivity contribution in [2.75, 3.05) is 36.5 Å². The average Bonchev–Trinajstić information content (AvgIpc) is 2.94. The Balaban J connectivity index is 1.74. The Morgan fingerprint density at radius 2 is 2.04 bits per heavy atom. The van der Waals surface area contributed by atoms with Gasteiger partial charge in [0.2, 0.25) is 5.95 Å². The number of hydrogen-bond donors (Lipinski definition) is 0. The Morgan fingerprint density at radius 1 is 1.30 bits per heavy atom. The maximum absolute atomic E-state index is 12.6. The van der Waals surface area contributed by atoms with Gasteiger partial charge in [0, 0.05) is 32.4 Å². The molecule has 7 nitrogen and oxygen atoms in total. The number of aromatic nitrogens is 2. The largest absolute Gasteiger partial charge is 0.341 e. The maximum Gasteiger partial charge on any atom is 0.272 e. The van der Waals surface area contributed by atoms with Crippen molar-refractivity contribution in [2.24, 2.45) is 0 Å². The lowest BCUT2D eigenvalue weighted by Crippen LogP contribution is -2.38. The first-order chi connectivity index (χ1) is 11.0. The van der Waals surface area contributed by atoms with Crippen LogP contribution in [0, 0.1) is 0 Å². The Kier molecular flexibility index (Phi) is 4.52. The van der Waals surface area contributed by atoms with Crippen LogP contribution in [-0.4, -0.2) is 66.9 Å². The molecule has 0 spiro atoms. The number of piperidine rings is 1. The van der Waals surface area contributed by atoms with Gasteiger partial charge in [0.15, 0.2) is 9.84 Å². The lowest BCUT2D eigenvalue weighted by atomic mass is 10.1. The molecule has 1 atom stereocenters. The van der Waals surface area contributed by atoms with Gasteiger partial charge in [0.25, 0.3) is 5.91 Å². The molecule has 8 heteroatoms. The van der Waals surface area contributed by atoms with Crippen molar-refractivity contribution in [3.63, 3.8) is 0 Å². The first kappa shape index (κ1) is 16.2. The molecule has 3 rings (SSSR count). The van der Waals surface area contributed by atoms with Crippen molar-refractivity contribution in [3.05, 3.63) is 18.0 Å². The molecule has 1 unspecified atom stereocenters. The zero-order chi connectivity index (χ0) is 16.4. The van der Waals surface area contributed by atoms with Crippen LogP contribution >= 0.6 is 0 Å². The van der Waals surface area contributed by atoms with Crippen molar-refractivity contribution >= 4 is 21.7 Å². The van der Waals surface area contributed by atoms with Gasteiger partial charge in [-0.05, 0) is 31.7 Å². The molecule has 1 aromatic rings. The van der Waals surface area contributed by atoms with Crippen molar-refractivity contribution in [1.82, 2.24) is 14.9 Å². The number of rotatable bonds is 3. The summed E-state index contributed by atoms with van der Waals surface area (Å²) in [6.07, 6.45) is 5.54. The third-order valence-electron chi connectivity index (χ3n) is 4.58. The summed E-state index contributed by atoms with van der Waals surface area (Å²) in [6.45, 7) is 1.82. The fourth-order valence-electron chi connectivity index (χ4n) is 3.14. The minimum Gasteiger partial charge on any atom is -0.341 e. The Labute approximate surface area is 136 Å². The van der Waals surface area contributed by atoms with E-state index in [-0.39, 0.29) is 23.5 Å². The summed E-state index contributed by atoms with van der Waals surface area (Å²) in [5.41, 5.74) is 0.326. The molecule has 0 aromatic carbocycles. The van der Waals surface area contributed by atoms with E-state index >= 15 is 0 Å². The highest BCUT2D eigenvalue weighted by Gasteiger charge is 2.33. The number of carbonyl (C=O) groups is 1. The average molecular weight is 338 g/mol. The summed E-state index contributed by atoms with van der Waals surface area (Å²) in [5, 5.41) is 0. The van der Waals surface area contributed by atoms with Gasteiger partial charge in [0.1, 0.15) is 5.69 Å². The molecule has 0 bridgehead atoms. The second kappa shape index (κ2) is 6.43. The number of anilines is 1. The Morgan fingerprint density at radius 3 is 2.70 bits per heavy atom. The van der Waals surface area contributed by atoms with E-state index in [2.05, 4.69) is 14.9 Å². The number of carbonyl (C=O) groups excluding carboxylic acids is 1. The smallest absolute Gasteiger partial charge is 0.272 e. The Bertz CT molecular complexity index is 686. The molecule has 0 N–H and O–H groups in total. The van der Waals surface area contributed by atoms with E-state index in [4.69, 9.17) is 0 Å². The topological polar surface area (TPSA) is 83.5 Å². The SMILES string of the molecule is CN(C(=O)c1ccnc(N2CCCCC2)n1)C1CCS(=O)(=O)C1. The van der Waals surface area contributed by atoms with E-state index in [1.165, 1.54) is 11.3 Å². The summed E-state index contributed by atoms with van der Waals surface area (Å²) in [5.74, 6) is 0.535. The molecule has 0 saturated carbocycles. The molecular weight excluding hydrogens is 316 g/mol. The predicted octanol–water partition coefficient (Wildman–Crippen LogP) is 0.726. The fraction of sp³-hybridized carbons (Fsp3) is 0.667. The summed E-state index contributed by atoms with van der Waals surface area (Å²) >= 11 is 0. The minimum absolute atomic E-state index is 0.0410. The number of amides is 1. The van der Waals surface area contributed by atoms with Crippen LogP contribution in [0.1, 0.15) is 36.2 Å². The molecule has 2 saturated heterocycles. The summed E-state index contributed by atoms with van der Waals surface area (Å²) in [4.78, 5) is 24.9. The minimum atomic E-state index is -3.02. The molecule has 3 heterocycles. The zero-order valence-electron chi connectivity index (χ0n) is 13.3. The first-order valence-electron chi connectivity index (χ1n) is 8.02. The first-order valence-corrected chi connectivity index (χ1v) is 9.84. The molecule has 23 heavy (non-hydrogen) atoms. The van der Waals surface area contributed by atoms with Crippen molar-refractivity contribution in [1.29, 1.82) is 0 Å². The van der Waals surface area contributed by atoms with Crippen molar-refractivity contribution in [3.8, 4) is 0 Å². The third-order valence-corrected chi connectivity index (χ3v) is 6.33. The summed E-state index contributed by atoms with van der Waals surface area (Å²) < 4.78 is 23.2. The van der Waals surface area contributed by atoms with E-state index in [1.54, 1.807) is 19.3 Å². The van der Waals surface area contributed by atoms with Gasteiger partial charge >= 0.3 is 0 Å². The molecular formula is C15H22N4O3S. The van der Waals surface area contributed by atoms with Crippen LogP contribution < -0.4 is 4.90 Å². The van der Waals surface area contributed by atoms with E-state index in [0.29, 0.717) is 18.1 Å². The second-order valence-electron chi connectivity index (χ2n) is 6.26. The van der Waals surface area contributed by atoms with Crippen LogP contribution in [0.3, 0.4) is 0 Å². The van der Waals surface area contributed by atoms with Crippen LogP contribution in [0.4, 0.5) is 5.95 Å². The molecule has 0 radical (unpaired) electrons. The molecule has 2 aliphatic rings. The van der Waals surface area contributed by atoms with Gasteiger partial charge in [-0.25, -0.2) is 18.4 Å². The van der Waals surface area contributed by atoms with E-state index in [1.807, 2.05) is 0 Å². The maximum atomic E-state index is 12.6. The van der Waals surface area contributed by atoms with Crippen LogP contribution in [0.25, 0.3) is 0 Å². The molecule has 0 aliphatic carbocycles. The lowest BCUT2D eigenvalue weighted by molar-refractivity contribution is 0.0741. The van der Waals surface area contributed by atoms with Gasteiger partial charge in [-0.1, -0.05) is 0 Å². The molecule has 2 aliphatic heterocycles. The molecule has 2 fully saturated rings. The molecule has 126 valence electrons. The van der Waals surface area contributed by atoms with E-state index < -0.39 is 9.84 Å². The number of sulfone groups is 1. The van der Waals surface area contributed by atoms with Gasteiger partial charge in [0.05, 0.1) is 11.5 Å². The van der Waals surface area contributed by atoms with Crippen LogP contribution in [0.5, 0.6) is 0 Å². The number of hydrogen-bond acceptors (Lipinski definition) is 6. The highest BCUT2D eigenvalue weighted by Crippen LogP contribution is 2.19. The zero-order valence-corrected chi connectivity index (χ0v) is 14.1. The summed E-state index contributed by atoms with van der Waals surface area (Å²) in [6, 6.07) is 1.33. The number of nitrogens with zero attached hydrogens (tertiary/aromatic N) is 4. The quantitative estimate of drug-likeness (QED) is 0.808. The molecule has 1 amide bonds.